The standard InChI is InChI=1S/C29H34BrN3O5S/c1-21(2)18-31-29(35)22(3)32(19-23-9-8-10-24(30)17-23)28(34)20-33(25-11-6-5-7-12-25)39(36,37)27-15-13-26(38-4)14-16-27/h5-17,21-22H,18-20H2,1-4H3,(H,31,35)/t22-/m1/s1. The topological polar surface area (TPSA) is 96.0 Å². The molecule has 208 valence electrons. The number of hydrogen-bond acceptors (Lipinski definition) is 5. The lowest BCUT2D eigenvalue weighted by Crippen LogP contribution is -2.51. The molecule has 0 radical (unpaired) electrons. The van der Waals surface area contributed by atoms with Gasteiger partial charge in [-0.15, -0.1) is 0 Å². The van der Waals surface area contributed by atoms with Crippen molar-refractivity contribution < 1.29 is 22.7 Å². The SMILES string of the molecule is COc1ccc(S(=O)(=O)N(CC(=O)N(Cc2cccc(Br)c2)[C@H](C)C(=O)NCC(C)C)c2ccccc2)cc1. The van der Waals surface area contributed by atoms with E-state index >= 15 is 0 Å². The van der Waals surface area contributed by atoms with Gasteiger partial charge >= 0.3 is 0 Å². The second-order valence-corrected chi connectivity index (χ2v) is 12.3. The summed E-state index contributed by atoms with van der Waals surface area (Å²) in [6.45, 7) is 5.71. The largest absolute Gasteiger partial charge is 0.497 e. The Kier molecular flexibility index (Phi) is 10.5. The molecule has 0 aliphatic heterocycles. The minimum Gasteiger partial charge on any atom is -0.497 e. The highest BCUT2D eigenvalue weighted by molar-refractivity contribution is 9.10. The first kappa shape index (κ1) is 30.2. The molecule has 0 aliphatic rings. The van der Waals surface area contributed by atoms with Crippen molar-refractivity contribution in [2.24, 2.45) is 5.92 Å². The maximum absolute atomic E-state index is 13.9. The van der Waals surface area contributed by atoms with Crippen LogP contribution in [0.3, 0.4) is 0 Å². The molecule has 0 saturated heterocycles. The third-order valence-electron chi connectivity index (χ3n) is 6.06. The summed E-state index contributed by atoms with van der Waals surface area (Å²) in [5.41, 5.74) is 1.13. The van der Waals surface area contributed by atoms with Gasteiger partial charge < -0.3 is 15.0 Å². The van der Waals surface area contributed by atoms with Crippen LogP contribution in [0.25, 0.3) is 0 Å². The van der Waals surface area contributed by atoms with Crippen molar-refractivity contribution in [1.29, 1.82) is 0 Å². The number of rotatable bonds is 12. The molecule has 3 rings (SSSR count). The van der Waals surface area contributed by atoms with Crippen LogP contribution in [0.2, 0.25) is 0 Å². The maximum atomic E-state index is 13.9. The van der Waals surface area contributed by atoms with E-state index in [9.17, 15) is 18.0 Å². The van der Waals surface area contributed by atoms with E-state index in [-0.39, 0.29) is 23.3 Å². The molecule has 1 atom stereocenters. The second kappa shape index (κ2) is 13.6. The third-order valence-corrected chi connectivity index (χ3v) is 8.35. The molecule has 10 heteroatoms. The third kappa shape index (κ3) is 8.06. The monoisotopic (exact) mass is 615 g/mol. The summed E-state index contributed by atoms with van der Waals surface area (Å²) in [6, 6.07) is 21.0. The number of benzene rings is 3. The van der Waals surface area contributed by atoms with Crippen LogP contribution < -0.4 is 14.4 Å². The van der Waals surface area contributed by atoms with Crippen LogP contribution >= 0.6 is 15.9 Å². The molecule has 39 heavy (non-hydrogen) atoms. The molecule has 3 aromatic rings. The average molecular weight is 617 g/mol. The van der Waals surface area contributed by atoms with Crippen LogP contribution in [0.1, 0.15) is 26.3 Å². The number of ether oxygens (including phenoxy) is 1. The Morgan fingerprint density at radius 3 is 2.21 bits per heavy atom. The van der Waals surface area contributed by atoms with E-state index in [4.69, 9.17) is 4.74 Å². The lowest BCUT2D eigenvalue weighted by molar-refractivity contribution is -0.139. The van der Waals surface area contributed by atoms with Crippen LogP contribution in [-0.4, -0.2) is 51.4 Å². The maximum Gasteiger partial charge on any atom is 0.264 e. The van der Waals surface area contributed by atoms with Crippen molar-refractivity contribution >= 4 is 43.5 Å². The van der Waals surface area contributed by atoms with Gasteiger partial charge in [0.2, 0.25) is 11.8 Å². The number of carbonyl (C=O) groups is 2. The zero-order chi connectivity index (χ0) is 28.6. The molecule has 0 saturated carbocycles. The number of nitrogens with one attached hydrogen (secondary N) is 1. The Morgan fingerprint density at radius 2 is 1.62 bits per heavy atom. The molecule has 0 bridgehead atoms. The van der Waals surface area contributed by atoms with E-state index in [0.717, 1.165) is 14.3 Å². The van der Waals surface area contributed by atoms with Crippen LogP contribution in [0.5, 0.6) is 5.75 Å². The van der Waals surface area contributed by atoms with Gasteiger partial charge in [-0.25, -0.2) is 8.42 Å². The predicted octanol–water partition coefficient (Wildman–Crippen LogP) is 4.84. The molecule has 8 nitrogen and oxygen atoms in total. The van der Waals surface area contributed by atoms with Gasteiger partial charge in [0.25, 0.3) is 10.0 Å². The highest BCUT2D eigenvalue weighted by Crippen LogP contribution is 2.26. The van der Waals surface area contributed by atoms with E-state index < -0.39 is 28.5 Å². The lowest BCUT2D eigenvalue weighted by Gasteiger charge is -2.32. The Hall–Kier alpha value is -3.37. The highest BCUT2D eigenvalue weighted by atomic mass is 79.9. The van der Waals surface area contributed by atoms with E-state index in [1.165, 1.54) is 24.1 Å². The minimum absolute atomic E-state index is 0.0150. The van der Waals surface area contributed by atoms with Crippen LogP contribution in [-0.2, 0) is 26.2 Å². The van der Waals surface area contributed by atoms with Crippen molar-refractivity contribution in [3.63, 3.8) is 0 Å². The Balaban J connectivity index is 1.98. The second-order valence-electron chi connectivity index (χ2n) is 9.49. The van der Waals surface area contributed by atoms with Crippen molar-refractivity contribution in [2.75, 3.05) is 24.5 Å². The summed E-state index contributed by atoms with van der Waals surface area (Å²) in [5.74, 6) is -0.0734. The van der Waals surface area contributed by atoms with E-state index in [2.05, 4.69) is 21.2 Å². The summed E-state index contributed by atoms with van der Waals surface area (Å²) in [4.78, 5) is 28.3. The molecule has 2 amide bonds. The predicted molar refractivity (Wildman–Crippen MR) is 156 cm³/mol. The van der Waals surface area contributed by atoms with Gasteiger partial charge in [0.05, 0.1) is 17.7 Å². The number of anilines is 1. The smallest absolute Gasteiger partial charge is 0.264 e. The number of para-hydroxylation sites is 1. The number of methoxy groups -OCH3 is 1. The van der Waals surface area contributed by atoms with E-state index in [1.54, 1.807) is 49.4 Å². The van der Waals surface area contributed by atoms with Crippen molar-refractivity contribution in [2.45, 2.75) is 38.3 Å². The number of carbonyl (C=O) groups excluding carboxylic acids is 2. The molecule has 0 fully saturated rings. The normalized spacial score (nSPS) is 12.1. The molecule has 0 heterocycles. The first-order chi connectivity index (χ1) is 18.5. The number of nitrogens with zero attached hydrogens (tertiary/aromatic N) is 2. The van der Waals surface area contributed by atoms with Crippen molar-refractivity contribution in [3.05, 3.63) is 88.9 Å². The fourth-order valence-corrected chi connectivity index (χ4v) is 5.73. The molecule has 0 unspecified atom stereocenters. The van der Waals surface area contributed by atoms with Gasteiger partial charge in [0, 0.05) is 17.6 Å². The van der Waals surface area contributed by atoms with Gasteiger partial charge in [-0.05, 0) is 66.9 Å². The molecule has 1 N–H and O–H groups in total. The zero-order valence-corrected chi connectivity index (χ0v) is 24.9. The number of halogens is 1. The fraction of sp³-hybridized carbons (Fsp3) is 0.310. The Bertz CT molecular complexity index is 1370. The van der Waals surface area contributed by atoms with Crippen LogP contribution in [0.15, 0.2) is 88.2 Å². The van der Waals surface area contributed by atoms with Gasteiger partial charge in [-0.2, -0.15) is 0 Å². The van der Waals surface area contributed by atoms with E-state index in [0.29, 0.717) is 18.0 Å². The molecule has 0 spiro atoms. The number of amides is 2. The molecular formula is C29H34BrN3O5S. The lowest BCUT2D eigenvalue weighted by atomic mass is 10.1. The van der Waals surface area contributed by atoms with E-state index in [1.807, 2.05) is 38.1 Å². The fourth-order valence-electron chi connectivity index (χ4n) is 3.86. The summed E-state index contributed by atoms with van der Waals surface area (Å²) in [7, 11) is -2.64. The summed E-state index contributed by atoms with van der Waals surface area (Å²) in [6.07, 6.45) is 0. The van der Waals surface area contributed by atoms with Crippen molar-refractivity contribution in [3.8, 4) is 5.75 Å². The quantitative estimate of drug-likeness (QED) is 0.314. The first-order valence-corrected chi connectivity index (χ1v) is 14.8. The minimum atomic E-state index is -4.13. The molecule has 0 aliphatic carbocycles. The highest BCUT2D eigenvalue weighted by Gasteiger charge is 2.32. The Morgan fingerprint density at radius 1 is 0.949 bits per heavy atom. The number of hydrogen-bond donors (Lipinski definition) is 1. The number of sulfonamides is 1. The van der Waals surface area contributed by atoms with Gasteiger partial charge in [-0.3, -0.25) is 13.9 Å². The van der Waals surface area contributed by atoms with Crippen LogP contribution in [0, 0.1) is 5.92 Å². The molecular weight excluding hydrogens is 582 g/mol. The molecule has 0 aromatic heterocycles. The van der Waals surface area contributed by atoms with Crippen molar-refractivity contribution in [1.82, 2.24) is 10.2 Å². The average Bonchev–Trinajstić information content (AvgIpc) is 2.93. The summed E-state index contributed by atoms with van der Waals surface area (Å²) < 4.78 is 34.7. The van der Waals surface area contributed by atoms with Gasteiger partial charge in [0.1, 0.15) is 18.3 Å². The zero-order valence-electron chi connectivity index (χ0n) is 22.5. The molecule has 3 aromatic carbocycles. The van der Waals surface area contributed by atoms with Gasteiger partial charge in [-0.1, -0.05) is 60.1 Å². The summed E-state index contributed by atoms with van der Waals surface area (Å²) >= 11 is 3.45. The first-order valence-electron chi connectivity index (χ1n) is 12.6. The van der Waals surface area contributed by atoms with Gasteiger partial charge in [0.15, 0.2) is 0 Å². The van der Waals surface area contributed by atoms with Crippen LogP contribution in [0.4, 0.5) is 5.69 Å². The Labute approximate surface area is 239 Å². The summed E-state index contributed by atoms with van der Waals surface area (Å²) in [5, 5.41) is 2.88.